The summed E-state index contributed by atoms with van der Waals surface area (Å²) in [4.78, 5) is 29.1. The highest BCUT2D eigenvalue weighted by molar-refractivity contribution is 5.96. The summed E-state index contributed by atoms with van der Waals surface area (Å²) in [5.41, 5.74) is 8.22. The van der Waals surface area contributed by atoms with Crippen molar-refractivity contribution in [1.82, 2.24) is 15.1 Å². The maximum absolute atomic E-state index is 12.8. The molecule has 1 saturated heterocycles. The highest BCUT2D eigenvalue weighted by Gasteiger charge is 2.20. The Hall–Kier alpha value is -4.30. The summed E-state index contributed by atoms with van der Waals surface area (Å²) in [7, 11) is 2.10. The second kappa shape index (κ2) is 17.0. The highest BCUT2D eigenvalue weighted by Crippen LogP contribution is 2.26. The first-order valence-corrected chi connectivity index (χ1v) is 16.5. The number of likely N-dealkylation sites (N-methyl/N-ethyl adjacent to an activating group) is 1. The van der Waals surface area contributed by atoms with Gasteiger partial charge in [-0.1, -0.05) is 100 Å². The fourth-order valence-electron chi connectivity index (χ4n) is 5.40. The van der Waals surface area contributed by atoms with Crippen LogP contribution in [0, 0.1) is 0 Å². The van der Waals surface area contributed by atoms with Gasteiger partial charge in [-0.25, -0.2) is 0 Å². The van der Waals surface area contributed by atoms with Gasteiger partial charge in [0.05, 0.1) is 12.7 Å². The number of rotatable bonds is 9. The second-order valence-electron chi connectivity index (χ2n) is 12.9. The van der Waals surface area contributed by atoms with E-state index >= 15 is 0 Å². The molecule has 0 spiro atoms. The van der Waals surface area contributed by atoms with Crippen LogP contribution in [0.5, 0.6) is 0 Å². The molecule has 2 amide bonds. The number of benzene rings is 4. The molecule has 0 aliphatic carbocycles. The first-order valence-electron chi connectivity index (χ1n) is 16.5. The van der Waals surface area contributed by atoms with E-state index in [2.05, 4.69) is 87.4 Å². The smallest absolute Gasteiger partial charge is 0.253 e. The Morgan fingerprint density at radius 1 is 0.681 bits per heavy atom. The van der Waals surface area contributed by atoms with Gasteiger partial charge in [0.15, 0.2) is 0 Å². The van der Waals surface area contributed by atoms with E-state index in [4.69, 9.17) is 5.11 Å². The molecule has 1 fully saturated rings. The van der Waals surface area contributed by atoms with Gasteiger partial charge in [0.1, 0.15) is 0 Å². The average molecular weight is 636 g/mol. The summed E-state index contributed by atoms with van der Waals surface area (Å²) in [5, 5.41) is 20.7. The fraction of sp³-hybridized carbons (Fsp3) is 0.350. The Labute approximate surface area is 279 Å². The van der Waals surface area contributed by atoms with E-state index in [1.807, 2.05) is 53.4 Å². The third-order valence-electron chi connectivity index (χ3n) is 8.51. The first kappa shape index (κ1) is 35.6. The van der Waals surface area contributed by atoms with Crippen molar-refractivity contribution in [2.24, 2.45) is 0 Å². The third-order valence-corrected chi connectivity index (χ3v) is 8.51. The third kappa shape index (κ3) is 10.1. The largest absolute Gasteiger partial charge is 0.394 e. The zero-order valence-electron chi connectivity index (χ0n) is 28.3. The van der Waals surface area contributed by atoms with Gasteiger partial charge in [-0.05, 0) is 76.5 Å². The minimum absolute atomic E-state index is 0.0302. The lowest BCUT2D eigenvalue weighted by Crippen LogP contribution is -2.47. The SMILES string of the molecule is CC(C)c1cccc(-c2cccc(C(=O)N3CCN(C)CC3)c2)c1.CC(C)c1cccc(-c2cccc(C(=O)NCC(O)CO)c2)c1. The van der Waals surface area contributed by atoms with Gasteiger partial charge in [-0.2, -0.15) is 0 Å². The van der Waals surface area contributed by atoms with Crippen molar-refractivity contribution in [2.75, 3.05) is 46.4 Å². The van der Waals surface area contributed by atoms with Crippen molar-refractivity contribution in [1.29, 1.82) is 0 Å². The summed E-state index contributed by atoms with van der Waals surface area (Å²) in [5.74, 6) is 0.825. The number of carbonyl (C=O) groups is 2. The van der Waals surface area contributed by atoms with Gasteiger partial charge in [-0.15, -0.1) is 0 Å². The number of hydrogen-bond acceptors (Lipinski definition) is 5. The molecular formula is C40H49N3O4. The van der Waals surface area contributed by atoms with Crippen LogP contribution in [0.1, 0.15) is 71.4 Å². The lowest BCUT2D eigenvalue weighted by molar-refractivity contribution is 0.0664. The molecular weight excluding hydrogens is 586 g/mol. The van der Waals surface area contributed by atoms with E-state index in [9.17, 15) is 14.7 Å². The minimum atomic E-state index is -0.940. The summed E-state index contributed by atoms with van der Waals surface area (Å²) in [6, 6.07) is 32.3. The Kier molecular flexibility index (Phi) is 12.9. The Morgan fingerprint density at radius 3 is 1.62 bits per heavy atom. The maximum Gasteiger partial charge on any atom is 0.253 e. The zero-order chi connectivity index (χ0) is 33.9. The van der Waals surface area contributed by atoms with Crippen LogP contribution in [0.25, 0.3) is 22.3 Å². The molecule has 0 bridgehead atoms. The topological polar surface area (TPSA) is 93.1 Å². The second-order valence-corrected chi connectivity index (χ2v) is 12.9. The number of aliphatic hydroxyl groups is 2. The van der Waals surface area contributed by atoms with Crippen LogP contribution in [-0.2, 0) is 0 Å². The molecule has 1 aliphatic rings. The summed E-state index contributed by atoms with van der Waals surface area (Å²) < 4.78 is 0. The van der Waals surface area contributed by atoms with Crippen LogP contribution in [-0.4, -0.2) is 84.3 Å². The normalized spacial score (nSPS) is 14.0. The number of aliphatic hydroxyl groups excluding tert-OH is 2. The van der Waals surface area contributed by atoms with E-state index < -0.39 is 6.10 Å². The number of nitrogens with one attached hydrogen (secondary N) is 1. The lowest BCUT2D eigenvalue weighted by atomic mass is 9.96. The van der Waals surface area contributed by atoms with Gasteiger partial charge >= 0.3 is 0 Å². The van der Waals surface area contributed by atoms with Crippen LogP contribution < -0.4 is 5.32 Å². The monoisotopic (exact) mass is 635 g/mol. The zero-order valence-corrected chi connectivity index (χ0v) is 28.3. The number of carbonyl (C=O) groups excluding carboxylic acids is 2. The quantitative estimate of drug-likeness (QED) is 0.197. The molecule has 3 N–H and O–H groups in total. The van der Waals surface area contributed by atoms with Gasteiger partial charge in [0.2, 0.25) is 0 Å². The number of nitrogens with zero attached hydrogens (tertiary/aromatic N) is 2. The van der Waals surface area contributed by atoms with Crippen LogP contribution in [0.4, 0.5) is 0 Å². The molecule has 7 nitrogen and oxygen atoms in total. The summed E-state index contributed by atoms with van der Waals surface area (Å²) >= 11 is 0. The molecule has 0 saturated carbocycles. The predicted molar refractivity (Wildman–Crippen MR) is 191 cm³/mol. The molecule has 4 aromatic carbocycles. The van der Waals surface area contributed by atoms with Gasteiger partial charge in [0, 0.05) is 43.9 Å². The van der Waals surface area contributed by atoms with E-state index in [0.717, 1.165) is 48.4 Å². The lowest BCUT2D eigenvalue weighted by Gasteiger charge is -2.32. The molecule has 1 unspecified atom stereocenters. The molecule has 248 valence electrons. The van der Waals surface area contributed by atoms with Crippen LogP contribution >= 0.6 is 0 Å². The van der Waals surface area contributed by atoms with Crippen molar-refractivity contribution < 1.29 is 19.8 Å². The molecule has 1 aliphatic heterocycles. The molecule has 0 aromatic heterocycles. The van der Waals surface area contributed by atoms with E-state index in [0.29, 0.717) is 17.4 Å². The van der Waals surface area contributed by atoms with Crippen LogP contribution in [0.2, 0.25) is 0 Å². The molecule has 1 heterocycles. The number of piperazine rings is 1. The van der Waals surface area contributed by atoms with Crippen molar-refractivity contribution in [3.05, 3.63) is 119 Å². The molecule has 5 rings (SSSR count). The average Bonchev–Trinajstić information content (AvgIpc) is 3.11. The molecule has 47 heavy (non-hydrogen) atoms. The van der Waals surface area contributed by atoms with E-state index in [-0.39, 0.29) is 25.0 Å². The van der Waals surface area contributed by atoms with Gasteiger partial charge < -0.3 is 25.3 Å². The predicted octanol–water partition coefficient (Wildman–Crippen LogP) is 6.42. The van der Waals surface area contributed by atoms with Gasteiger partial charge in [0.25, 0.3) is 11.8 Å². The Morgan fingerprint density at radius 2 is 1.13 bits per heavy atom. The standard InChI is InChI=1S/C21H26N2O.C19H23NO3/c1-16(2)17-6-4-7-18(14-17)19-8-5-9-20(15-19)21(24)23-12-10-22(3)11-13-23;1-13(2)14-5-3-6-15(9-14)16-7-4-8-17(10-16)19(23)20-11-18(22)12-21/h4-9,14-16H,10-13H2,1-3H3;3-10,13,18,21-22H,11-12H2,1-2H3,(H,20,23). The maximum atomic E-state index is 12.8. The highest BCUT2D eigenvalue weighted by atomic mass is 16.3. The van der Waals surface area contributed by atoms with Gasteiger partial charge in [-0.3, -0.25) is 9.59 Å². The number of hydrogen-bond donors (Lipinski definition) is 3. The Balaban J connectivity index is 0.000000213. The molecule has 1 atom stereocenters. The minimum Gasteiger partial charge on any atom is -0.394 e. The van der Waals surface area contributed by atoms with E-state index in [1.165, 1.54) is 16.7 Å². The molecule has 0 radical (unpaired) electrons. The van der Waals surface area contributed by atoms with Crippen molar-refractivity contribution in [2.45, 2.75) is 45.6 Å². The molecule has 4 aromatic rings. The van der Waals surface area contributed by atoms with Crippen molar-refractivity contribution in [3.63, 3.8) is 0 Å². The van der Waals surface area contributed by atoms with Crippen molar-refractivity contribution >= 4 is 11.8 Å². The Bertz CT molecular complexity index is 1630. The van der Waals surface area contributed by atoms with Crippen LogP contribution in [0.15, 0.2) is 97.1 Å². The van der Waals surface area contributed by atoms with E-state index in [1.54, 1.807) is 6.07 Å². The number of amides is 2. The first-order chi connectivity index (χ1) is 22.5. The van der Waals surface area contributed by atoms with Crippen LogP contribution in [0.3, 0.4) is 0 Å². The summed E-state index contributed by atoms with van der Waals surface area (Å²) in [6.45, 7) is 11.9. The summed E-state index contributed by atoms with van der Waals surface area (Å²) in [6.07, 6.45) is -0.940. The fourth-order valence-corrected chi connectivity index (χ4v) is 5.40. The molecule has 7 heteroatoms. The van der Waals surface area contributed by atoms with Crippen molar-refractivity contribution in [3.8, 4) is 22.3 Å².